The van der Waals surface area contributed by atoms with E-state index in [1.807, 2.05) is 0 Å². The molecule has 14 heavy (non-hydrogen) atoms. The van der Waals surface area contributed by atoms with Crippen LogP contribution in [0.2, 0.25) is 0 Å². The van der Waals surface area contributed by atoms with E-state index in [1.165, 1.54) is 30.4 Å². The molecule has 0 atom stereocenters. The summed E-state index contributed by atoms with van der Waals surface area (Å²) in [6.07, 6.45) is 2.60. The lowest BCUT2D eigenvalue weighted by atomic mass is 10.3. The molecule has 6 heteroatoms. The third kappa shape index (κ3) is 22.6. The second-order valence-corrected chi connectivity index (χ2v) is 3.88. The van der Waals surface area contributed by atoms with Gasteiger partial charge in [-0.25, -0.2) is 0 Å². The van der Waals surface area contributed by atoms with E-state index in [0.29, 0.717) is 0 Å². The summed E-state index contributed by atoms with van der Waals surface area (Å²) in [5.74, 6) is 0. The van der Waals surface area contributed by atoms with Crippen molar-refractivity contribution in [3.63, 3.8) is 0 Å². The lowest BCUT2D eigenvalue weighted by Crippen LogP contribution is -2.40. The summed E-state index contributed by atoms with van der Waals surface area (Å²) in [4.78, 5) is 0. The molecule has 0 amide bonds. The van der Waals surface area contributed by atoms with Gasteiger partial charge in [0.2, 0.25) is 0 Å². The third-order valence-corrected chi connectivity index (χ3v) is 1.66. The van der Waals surface area contributed by atoms with Crippen molar-refractivity contribution in [2.45, 2.75) is 26.7 Å². The average molecular weight is 218 g/mol. The number of rotatable bonds is 4. The molecule has 0 unspecified atom stereocenters. The lowest BCUT2D eigenvalue weighted by Gasteiger charge is -2.28. The van der Waals surface area contributed by atoms with E-state index >= 15 is 0 Å². The maximum atomic E-state index is 9.75. The van der Waals surface area contributed by atoms with Gasteiger partial charge in [-0.3, -0.25) is 0 Å². The van der Waals surface area contributed by atoms with Crippen LogP contribution in [0.1, 0.15) is 28.1 Å². The van der Waals surface area contributed by atoms with Crippen LogP contribution in [0.3, 0.4) is 0 Å². The van der Waals surface area contributed by atoms with Gasteiger partial charge < -0.3 is 21.7 Å². The zero-order chi connectivity index (χ0) is 11.8. The number of hydrogen-bond acceptors (Lipinski definition) is 0. The van der Waals surface area contributed by atoms with Gasteiger partial charge >= 0.3 is 8.68 Å². The molecule has 0 heterocycles. The molecule has 0 aliphatic heterocycles. The van der Waals surface area contributed by atoms with Crippen molar-refractivity contribution in [2.24, 2.45) is 0 Å². The summed E-state index contributed by atoms with van der Waals surface area (Å²) in [5, 5.41) is 0. The van der Waals surface area contributed by atoms with Gasteiger partial charge in [0.15, 0.2) is 0 Å². The van der Waals surface area contributed by atoms with Gasteiger partial charge in [0, 0.05) is 0 Å². The fourth-order valence-corrected chi connectivity index (χ4v) is 1.32. The topological polar surface area (TPSA) is 0 Å². The largest absolute Gasteiger partial charge is 1.00 e. The number of hydrogen-bond donors (Lipinski definition) is 0. The van der Waals surface area contributed by atoms with Crippen LogP contribution in [0.25, 0.3) is 0 Å². The Bertz CT molecular complexity index is 127. The third-order valence-electron chi connectivity index (χ3n) is 1.66. The first kappa shape index (κ1) is 16.2. The Morgan fingerprint density at radius 2 is 1.14 bits per heavy atom. The van der Waals surface area contributed by atoms with E-state index in [9.17, 15) is 17.3 Å². The van der Waals surface area contributed by atoms with Gasteiger partial charge in [-0.15, -0.1) is 0 Å². The first-order chi connectivity index (χ1) is 6.12. The van der Waals surface area contributed by atoms with Crippen LogP contribution in [-0.2, 0) is 0 Å². The van der Waals surface area contributed by atoms with E-state index in [-0.39, 0.29) is 1.43 Å². The molecule has 0 saturated heterocycles. The van der Waals surface area contributed by atoms with Gasteiger partial charge in [-0.1, -0.05) is 13.8 Å². The van der Waals surface area contributed by atoms with Crippen molar-refractivity contribution in [3.8, 4) is 0 Å². The molecule has 88 valence electrons. The SMILES string of the molecule is CCC[N+](C)(C)CCC.F[B-](F)(F)F.[H+]. The normalized spacial score (nSPS) is 12.0. The number of halogens is 4. The Balaban J connectivity index is -0.000000208. The molecule has 0 aliphatic carbocycles. The average Bonchev–Trinajstić information content (AvgIpc) is 1.81. The minimum Gasteiger partial charge on any atom is -0.418 e. The van der Waals surface area contributed by atoms with Gasteiger partial charge in [0.1, 0.15) is 0 Å². The predicted molar refractivity (Wildman–Crippen MR) is 53.7 cm³/mol. The Morgan fingerprint density at radius 1 is 0.929 bits per heavy atom. The first-order valence-electron chi connectivity index (χ1n) is 4.81. The quantitative estimate of drug-likeness (QED) is 0.385. The van der Waals surface area contributed by atoms with Crippen LogP contribution in [-0.4, -0.2) is 38.9 Å². The summed E-state index contributed by atoms with van der Waals surface area (Å²) in [6.45, 7) is 7.12. The van der Waals surface area contributed by atoms with Crippen LogP contribution in [0.5, 0.6) is 0 Å². The first-order valence-corrected chi connectivity index (χ1v) is 4.81. The summed E-state index contributed by atoms with van der Waals surface area (Å²) in [6, 6.07) is 0. The molecule has 0 aromatic carbocycles. The van der Waals surface area contributed by atoms with Crippen molar-refractivity contribution in [1.82, 2.24) is 0 Å². The second kappa shape index (κ2) is 7.09. The summed E-state index contributed by atoms with van der Waals surface area (Å²) < 4.78 is 40.2. The monoisotopic (exact) mass is 218 g/mol. The van der Waals surface area contributed by atoms with E-state index in [2.05, 4.69) is 27.9 Å². The Hall–Kier alpha value is -0.255. The zero-order valence-corrected chi connectivity index (χ0v) is 9.36. The highest BCUT2D eigenvalue weighted by Crippen LogP contribution is 2.06. The van der Waals surface area contributed by atoms with E-state index in [4.69, 9.17) is 0 Å². The van der Waals surface area contributed by atoms with Gasteiger partial charge in [-0.05, 0) is 12.8 Å². The van der Waals surface area contributed by atoms with Crippen LogP contribution in [0.4, 0.5) is 17.3 Å². The van der Waals surface area contributed by atoms with E-state index < -0.39 is 7.25 Å². The van der Waals surface area contributed by atoms with Crippen LogP contribution < -0.4 is 0 Å². The van der Waals surface area contributed by atoms with Gasteiger partial charge in [0.05, 0.1) is 27.2 Å². The Morgan fingerprint density at radius 3 is 1.29 bits per heavy atom. The molecule has 0 aromatic rings. The highest BCUT2D eigenvalue weighted by Gasteiger charge is 2.20. The predicted octanol–water partition coefficient (Wildman–Crippen LogP) is 3.30. The smallest absolute Gasteiger partial charge is 0.418 e. The molecule has 0 radical (unpaired) electrons. The number of nitrogens with zero attached hydrogens (tertiary/aromatic N) is 1. The van der Waals surface area contributed by atoms with Crippen molar-refractivity contribution >= 4 is 7.25 Å². The Labute approximate surface area is 85.3 Å². The van der Waals surface area contributed by atoms with Crippen LogP contribution >= 0.6 is 0 Å². The molecule has 0 bridgehead atoms. The van der Waals surface area contributed by atoms with Crippen molar-refractivity contribution in [3.05, 3.63) is 0 Å². The molecule has 0 rings (SSSR count). The second-order valence-electron chi connectivity index (χ2n) is 3.88. The van der Waals surface area contributed by atoms with Crippen LogP contribution in [0.15, 0.2) is 0 Å². The summed E-state index contributed by atoms with van der Waals surface area (Å²) in [5.41, 5.74) is 0. The standard InChI is InChI=1S/C8H20N.BF4/c1-5-7-9(3,4)8-6-2;2-1(3,4)5/h5-8H2,1-4H3;/q+1;-1/p+1. The highest BCUT2D eigenvalue weighted by atomic mass is 19.5. The molecule has 0 aliphatic rings. The maximum absolute atomic E-state index is 9.75. The maximum Gasteiger partial charge on any atom is 1.00 e. The van der Waals surface area contributed by atoms with Gasteiger partial charge in [-0.2, -0.15) is 0 Å². The molecular weight excluding hydrogens is 197 g/mol. The molecule has 1 nitrogen and oxygen atoms in total. The molecule has 0 saturated carbocycles. The van der Waals surface area contributed by atoms with Crippen molar-refractivity contribution in [1.29, 1.82) is 0 Å². The van der Waals surface area contributed by atoms with E-state index in [1.54, 1.807) is 0 Å². The fourth-order valence-electron chi connectivity index (χ4n) is 1.32. The Kier molecular flexibility index (Phi) is 8.20. The van der Waals surface area contributed by atoms with Crippen molar-refractivity contribution < 1.29 is 23.2 Å². The fraction of sp³-hybridized carbons (Fsp3) is 1.00. The summed E-state index contributed by atoms with van der Waals surface area (Å²) >= 11 is 0. The summed E-state index contributed by atoms with van der Waals surface area (Å²) in [7, 11) is -1.40. The molecule has 0 aromatic heterocycles. The van der Waals surface area contributed by atoms with Crippen molar-refractivity contribution in [2.75, 3.05) is 27.2 Å². The van der Waals surface area contributed by atoms with E-state index in [0.717, 1.165) is 0 Å². The van der Waals surface area contributed by atoms with Crippen LogP contribution in [0, 0.1) is 0 Å². The molecule has 0 fully saturated rings. The number of quaternary nitrogens is 1. The minimum absolute atomic E-state index is 0. The lowest BCUT2D eigenvalue weighted by molar-refractivity contribution is -0.890. The molecular formula is C8H21BF4N+. The van der Waals surface area contributed by atoms with Gasteiger partial charge in [0.25, 0.3) is 0 Å². The minimum atomic E-state index is -6.00. The zero-order valence-electron chi connectivity index (χ0n) is 10.4. The molecule has 0 N–H and O–H groups in total. The molecule has 0 spiro atoms. The highest BCUT2D eigenvalue weighted by molar-refractivity contribution is 6.50.